The van der Waals surface area contributed by atoms with E-state index in [-0.39, 0.29) is 17.6 Å². The van der Waals surface area contributed by atoms with Crippen LogP contribution in [-0.4, -0.2) is 5.78 Å². The molecular formula is C11H19NO. The van der Waals surface area contributed by atoms with Crippen molar-refractivity contribution in [3.05, 3.63) is 0 Å². The van der Waals surface area contributed by atoms with Gasteiger partial charge in [0.2, 0.25) is 0 Å². The first-order chi connectivity index (χ1) is 6.04. The molecule has 2 heteroatoms. The second-order valence-electron chi connectivity index (χ2n) is 3.91. The highest BCUT2D eigenvalue weighted by molar-refractivity contribution is 5.85. The van der Waals surface area contributed by atoms with Gasteiger partial charge in [0.25, 0.3) is 0 Å². The Morgan fingerprint density at radius 3 is 2.23 bits per heavy atom. The third kappa shape index (κ3) is 3.59. The molecule has 0 aliphatic rings. The lowest BCUT2D eigenvalue weighted by atomic mass is 9.85. The summed E-state index contributed by atoms with van der Waals surface area (Å²) >= 11 is 0. The van der Waals surface area contributed by atoms with Crippen molar-refractivity contribution in [3.8, 4) is 6.07 Å². The van der Waals surface area contributed by atoms with Gasteiger partial charge >= 0.3 is 0 Å². The van der Waals surface area contributed by atoms with Crippen LogP contribution in [0.4, 0.5) is 0 Å². The first kappa shape index (κ1) is 12.2. The van der Waals surface area contributed by atoms with Crippen molar-refractivity contribution in [2.45, 2.75) is 40.5 Å². The van der Waals surface area contributed by atoms with Crippen molar-refractivity contribution in [1.29, 1.82) is 5.26 Å². The molecule has 0 aliphatic heterocycles. The maximum atomic E-state index is 11.7. The predicted molar refractivity (Wildman–Crippen MR) is 53.0 cm³/mol. The maximum Gasteiger partial charge on any atom is 0.153 e. The van der Waals surface area contributed by atoms with Gasteiger partial charge in [-0.2, -0.15) is 5.26 Å². The predicted octanol–water partition coefficient (Wildman–Crippen LogP) is 2.79. The topological polar surface area (TPSA) is 40.9 Å². The van der Waals surface area contributed by atoms with E-state index in [0.717, 1.165) is 6.42 Å². The van der Waals surface area contributed by atoms with Gasteiger partial charge in [0, 0.05) is 5.92 Å². The van der Waals surface area contributed by atoms with E-state index in [9.17, 15) is 4.79 Å². The summed E-state index contributed by atoms with van der Waals surface area (Å²) < 4.78 is 0. The molecule has 74 valence electrons. The summed E-state index contributed by atoms with van der Waals surface area (Å²) in [6.07, 6.45) is 1.60. The normalized spacial score (nSPS) is 15.1. The molecule has 0 spiro atoms. The lowest BCUT2D eigenvalue weighted by molar-refractivity contribution is -0.126. The van der Waals surface area contributed by atoms with Crippen LogP contribution in [-0.2, 0) is 4.79 Å². The minimum absolute atomic E-state index is 0.0104. The van der Waals surface area contributed by atoms with Gasteiger partial charge in [-0.1, -0.05) is 34.1 Å². The molecule has 0 aromatic rings. The maximum absolute atomic E-state index is 11.7. The molecule has 0 saturated heterocycles. The Labute approximate surface area is 80.9 Å². The zero-order valence-corrected chi connectivity index (χ0v) is 9.00. The van der Waals surface area contributed by atoms with E-state index in [1.54, 1.807) is 0 Å². The number of ketones is 1. The van der Waals surface area contributed by atoms with Crippen LogP contribution in [0.1, 0.15) is 40.5 Å². The fourth-order valence-corrected chi connectivity index (χ4v) is 1.20. The van der Waals surface area contributed by atoms with Crippen LogP contribution < -0.4 is 0 Å². The number of hydrogen-bond acceptors (Lipinski definition) is 2. The van der Waals surface area contributed by atoms with Gasteiger partial charge in [-0.05, 0) is 12.3 Å². The van der Waals surface area contributed by atoms with Crippen molar-refractivity contribution in [2.24, 2.45) is 17.8 Å². The SMILES string of the molecule is CCCC(C#N)C(=O)C(C)C(C)C. The number of nitrogens with zero attached hydrogens (tertiary/aromatic N) is 1. The quantitative estimate of drug-likeness (QED) is 0.654. The molecule has 0 saturated carbocycles. The van der Waals surface area contributed by atoms with E-state index in [2.05, 4.69) is 6.07 Å². The number of hydrogen-bond donors (Lipinski definition) is 0. The van der Waals surface area contributed by atoms with E-state index in [1.807, 2.05) is 27.7 Å². The summed E-state index contributed by atoms with van der Waals surface area (Å²) in [5, 5.41) is 8.79. The molecule has 2 atom stereocenters. The van der Waals surface area contributed by atoms with Crippen LogP contribution in [0.3, 0.4) is 0 Å². The summed E-state index contributed by atoms with van der Waals surface area (Å²) in [6.45, 7) is 7.94. The molecule has 0 N–H and O–H groups in total. The van der Waals surface area contributed by atoms with Gasteiger partial charge in [-0.15, -0.1) is 0 Å². The minimum atomic E-state index is -0.387. The highest BCUT2D eigenvalue weighted by atomic mass is 16.1. The molecule has 0 aromatic carbocycles. The molecule has 2 nitrogen and oxygen atoms in total. The molecule has 13 heavy (non-hydrogen) atoms. The van der Waals surface area contributed by atoms with Crippen LogP contribution in [0, 0.1) is 29.1 Å². The average molecular weight is 181 g/mol. The summed E-state index contributed by atoms with van der Waals surface area (Å²) in [7, 11) is 0. The number of nitriles is 1. The van der Waals surface area contributed by atoms with E-state index >= 15 is 0 Å². The summed E-state index contributed by atoms with van der Waals surface area (Å²) in [5.74, 6) is 0.0677. The van der Waals surface area contributed by atoms with Gasteiger partial charge in [0.1, 0.15) is 5.92 Å². The van der Waals surface area contributed by atoms with Gasteiger partial charge in [-0.25, -0.2) is 0 Å². The second-order valence-corrected chi connectivity index (χ2v) is 3.91. The van der Waals surface area contributed by atoms with E-state index < -0.39 is 0 Å². The molecule has 0 amide bonds. The monoisotopic (exact) mass is 181 g/mol. The van der Waals surface area contributed by atoms with Crippen molar-refractivity contribution < 1.29 is 4.79 Å². The lowest BCUT2D eigenvalue weighted by Crippen LogP contribution is -2.24. The zero-order chi connectivity index (χ0) is 10.4. The molecule has 0 radical (unpaired) electrons. The van der Waals surface area contributed by atoms with Crippen LogP contribution >= 0.6 is 0 Å². The molecule has 0 aromatic heterocycles. The largest absolute Gasteiger partial charge is 0.298 e. The zero-order valence-electron chi connectivity index (χ0n) is 9.00. The molecule has 0 bridgehead atoms. The Balaban J connectivity index is 4.30. The third-order valence-corrected chi connectivity index (χ3v) is 2.53. The highest BCUT2D eigenvalue weighted by Gasteiger charge is 2.24. The fraction of sp³-hybridized carbons (Fsp3) is 0.818. The van der Waals surface area contributed by atoms with Crippen molar-refractivity contribution in [3.63, 3.8) is 0 Å². The van der Waals surface area contributed by atoms with Crippen LogP contribution in [0.25, 0.3) is 0 Å². The van der Waals surface area contributed by atoms with Crippen LogP contribution in [0.2, 0.25) is 0 Å². The highest BCUT2D eigenvalue weighted by Crippen LogP contribution is 2.18. The summed E-state index contributed by atoms with van der Waals surface area (Å²) in [6, 6.07) is 2.09. The molecule has 0 heterocycles. The van der Waals surface area contributed by atoms with Gasteiger partial charge < -0.3 is 0 Å². The molecular weight excluding hydrogens is 162 g/mol. The van der Waals surface area contributed by atoms with Gasteiger partial charge in [-0.3, -0.25) is 4.79 Å². The van der Waals surface area contributed by atoms with Crippen molar-refractivity contribution in [2.75, 3.05) is 0 Å². The Morgan fingerprint density at radius 2 is 1.92 bits per heavy atom. The van der Waals surface area contributed by atoms with Crippen molar-refractivity contribution in [1.82, 2.24) is 0 Å². The number of Topliss-reactive ketones (excluding diaryl/α,β-unsaturated/α-hetero) is 1. The molecule has 0 fully saturated rings. The first-order valence-electron chi connectivity index (χ1n) is 4.97. The Morgan fingerprint density at radius 1 is 1.38 bits per heavy atom. The number of rotatable bonds is 5. The smallest absolute Gasteiger partial charge is 0.153 e. The van der Waals surface area contributed by atoms with Crippen molar-refractivity contribution >= 4 is 5.78 Å². The Bertz CT molecular complexity index is 203. The Hall–Kier alpha value is -0.840. The Kier molecular flexibility index (Phi) is 5.37. The van der Waals surface area contributed by atoms with E-state index in [1.165, 1.54) is 0 Å². The number of carbonyl (C=O) groups is 1. The second kappa shape index (κ2) is 5.75. The molecule has 0 rings (SSSR count). The van der Waals surface area contributed by atoms with Crippen LogP contribution in [0.5, 0.6) is 0 Å². The van der Waals surface area contributed by atoms with E-state index in [4.69, 9.17) is 5.26 Å². The number of carbonyl (C=O) groups excluding carboxylic acids is 1. The standard InChI is InChI=1S/C11H19NO/c1-5-6-10(7-12)11(13)9(4)8(2)3/h8-10H,5-6H2,1-4H3. The van der Waals surface area contributed by atoms with Gasteiger partial charge in [0.05, 0.1) is 6.07 Å². The van der Waals surface area contributed by atoms with E-state index in [0.29, 0.717) is 12.3 Å². The molecule has 0 aliphatic carbocycles. The van der Waals surface area contributed by atoms with Crippen LogP contribution in [0.15, 0.2) is 0 Å². The summed E-state index contributed by atoms with van der Waals surface area (Å²) in [4.78, 5) is 11.7. The molecule has 2 unspecified atom stereocenters. The lowest BCUT2D eigenvalue weighted by Gasteiger charge is -2.16. The summed E-state index contributed by atoms with van der Waals surface area (Å²) in [5.41, 5.74) is 0. The minimum Gasteiger partial charge on any atom is -0.298 e. The fourth-order valence-electron chi connectivity index (χ4n) is 1.20. The first-order valence-corrected chi connectivity index (χ1v) is 4.97. The van der Waals surface area contributed by atoms with Gasteiger partial charge in [0.15, 0.2) is 5.78 Å². The average Bonchev–Trinajstić information content (AvgIpc) is 2.11. The third-order valence-electron chi connectivity index (χ3n) is 2.53.